The van der Waals surface area contributed by atoms with Crippen molar-refractivity contribution >= 4 is 40.3 Å². The van der Waals surface area contributed by atoms with Crippen molar-refractivity contribution in [1.82, 2.24) is 0 Å². The van der Waals surface area contributed by atoms with E-state index >= 15 is 0 Å². The third-order valence-corrected chi connectivity index (χ3v) is 16.7. The molecule has 0 aliphatic heterocycles. The predicted octanol–water partition coefficient (Wildman–Crippen LogP) is 7.94. The van der Waals surface area contributed by atoms with Gasteiger partial charge in [0.1, 0.15) is 0 Å². The van der Waals surface area contributed by atoms with Crippen molar-refractivity contribution in [1.29, 1.82) is 0 Å². The minimum atomic E-state index is -4.31. The Morgan fingerprint density at radius 2 is 1.00 bits per heavy atom. The molecule has 0 saturated heterocycles. The van der Waals surface area contributed by atoms with Gasteiger partial charge in [-0.25, -0.2) is 0 Å². The van der Waals surface area contributed by atoms with Gasteiger partial charge in [-0.15, -0.1) is 17.0 Å². The molecule has 0 nitrogen and oxygen atoms in total. The fourth-order valence-electron chi connectivity index (χ4n) is 4.23. The second-order valence-electron chi connectivity index (χ2n) is 9.54. The first kappa shape index (κ1) is 27.0. The summed E-state index contributed by atoms with van der Waals surface area (Å²) in [5.74, 6) is 0. The van der Waals surface area contributed by atoms with Crippen molar-refractivity contribution in [3.05, 3.63) is 102 Å². The van der Waals surface area contributed by atoms with Crippen LogP contribution in [0.4, 0.5) is 13.2 Å². The molecule has 1 radical (unpaired) electrons. The summed E-state index contributed by atoms with van der Waals surface area (Å²) in [6.07, 6.45) is -4.31. The van der Waals surface area contributed by atoms with Gasteiger partial charge in [-0.2, -0.15) is 0 Å². The van der Waals surface area contributed by atoms with Crippen LogP contribution >= 0.6 is 17.0 Å². The Bertz CT molecular complexity index is 929. The molecular formula is C27H31BrF3Sn. The Hall–Kier alpha value is -1.27. The molecule has 0 atom stereocenters. The summed E-state index contributed by atoms with van der Waals surface area (Å²) < 4.78 is 43.2. The number of alkyl halides is 3. The second kappa shape index (κ2) is 10.8. The molecule has 0 bridgehead atoms. The molecule has 0 N–H and O–H groups in total. The van der Waals surface area contributed by atoms with Crippen LogP contribution in [0.2, 0.25) is 8.87 Å². The van der Waals surface area contributed by atoms with Gasteiger partial charge in [0.25, 0.3) is 0 Å². The fraction of sp³-hybridized carbons (Fsp3) is 0.333. The van der Waals surface area contributed by atoms with Crippen LogP contribution < -0.4 is 3.58 Å². The van der Waals surface area contributed by atoms with Crippen LogP contribution in [-0.2, 0) is 17.0 Å². The molecule has 0 aromatic heterocycles. The van der Waals surface area contributed by atoms with Crippen LogP contribution in [0.15, 0.2) is 84.9 Å². The maximum absolute atomic E-state index is 13.5. The standard InChI is InChI=1S/2C10H13.C7H4F3.BrH.Sn/c2*1-10(2,3)9-7-5-4-6-8-9;8-7(9,10)6-4-2-1-3-5-6;;/h2*4-8H,1H2,2-3H3;1-2,4-5H;1H;. The van der Waals surface area contributed by atoms with E-state index in [-0.39, 0.29) is 27.8 Å². The van der Waals surface area contributed by atoms with E-state index in [4.69, 9.17) is 0 Å². The first-order chi connectivity index (χ1) is 14.5. The van der Waals surface area contributed by atoms with E-state index in [0.29, 0.717) is 0 Å². The molecule has 0 fully saturated rings. The van der Waals surface area contributed by atoms with Crippen LogP contribution in [0.25, 0.3) is 0 Å². The quantitative estimate of drug-likeness (QED) is 0.238. The van der Waals surface area contributed by atoms with Gasteiger partial charge < -0.3 is 0 Å². The van der Waals surface area contributed by atoms with Crippen LogP contribution in [0.1, 0.15) is 44.4 Å². The molecule has 0 unspecified atom stereocenters. The van der Waals surface area contributed by atoms with E-state index in [1.54, 1.807) is 6.07 Å². The van der Waals surface area contributed by atoms with E-state index in [9.17, 15) is 13.2 Å². The Morgan fingerprint density at radius 3 is 1.41 bits per heavy atom. The van der Waals surface area contributed by atoms with E-state index in [0.717, 1.165) is 12.5 Å². The molecule has 0 aliphatic carbocycles. The maximum atomic E-state index is 13.5. The number of rotatable bonds is 7. The van der Waals surface area contributed by atoms with Gasteiger partial charge in [-0.05, 0) is 0 Å². The normalized spacial score (nSPS) is 12.5. The molecule has 171 valence electrons. The Kier molecular flexibility index (Phi) is 9.08. The Morgan fingerprint density at radius 1 is 0.594 bits per heavy atom. The summed E-state index contributed by atoms with van der Waals surface area (Å²) >= 11 is -2.51. The van der Waals surface area contributed by atoms with Crippen LogP contribution in [0, 0.1) is 0 Å². The third-order valence-electron chi connectivity index (χ3n) is 6.02. The summed E-state index contributed by atoms with van der Waals surface area (Å²) in [4.78, 5) is 0. The second-order valence-corrected chi connectivity index (χ2v) is 16.6. The van der Waals surface area contributed by atoms with Gasteiger partial charge in [0.2, 0.25) is 0 Å². The molecule has 0 amide bonds. The van der Waals surface area contributed by atoms with Gasteiger partial charge in [0.05, 0.1) is 0 Å². The van der Waals surface area contributed by atoms with E-state index in [2.05, 4.69) is 52.0 Å². The first-order valence-electron chi connectivity index (χ1n) is 10.6. The van der Waals surface area contributed by atoms with Gasteiger partial charge in [0, 0.05) is 0 Å². The molecule has 3 aromatic carbocycles. The average molecular weight is 611 g/mol. The summed E-state index contributed by atoms with van der Waals surface area (Å²) in [6.45, 7) is 8.91. The van der Waals surface area contributed by atoms with Crippen molar-refractivity contribution in [3.8, 4) is 0 Å². The average Bonchev–Trinajstić information content (AvgIpc) is 2.74. The van der Waals surface area contributed by atoms with Crippen molar-refractivity contribution in [3.63, 3.8) is 0 Å². The van der Waals surface area contributed by atoms with Gasteiger partial charge in [0.15, 0.2) is 0 Å². The summed E-state index contributed by atoms with van der Waals surface area (Å²) in [5, 5.41) is 0. The first-order valence-corrected chi connectivity index (χ1v) is 16.1. The monoisotopic (exact) mass is 611 g/mol. The zero-order chi connectivity index (χ0) is 22.7. The summed E-state index contributed by atoms with van der Waals surface area (Å²) in [7, 11) is 0. The van der Waals surface area contributed by atoms with Crippen LogP contribution in [0.5, 0.6) is 0 Å². The molecule has 5 heteroatoms. The Balaban J connectivity index is 0.00000363. The van der Waals surface area contributed by atoms with Crippen molar-refractivity contribution in [2.24, 2.45) is 0 Å². The van der Waals surface area contributed by atoms with Crippen molar-refractivity contribution in [2.75, 3.05) is 0 Å². The third kappa shape index (κ3) is 6.86. The summed E-state index contributed by atoms with van der Waals surface area (Å²) in [6, 6.07) is 26.8. The number of hydrogen-bond donors (Lipinski definition) is 0. The molecule has 0 aliphatic rings. The fourth-order valence-corrected chi connectivity index (χ4v) is 15.0. The number of benzene rings is 3. The van der Waals surface area contributed by atoms with Gasteiger partial charge in [-0.3, -0.25) is 0 Å². The SMILES string of the molecule is Br.CC(C)([CH2][Sn]([CH2]C(C)(C)c1ccccc1)[c]1cccc(C(F)(F)F)c1)c1ccccc1. The van der Waals surface area contributed by atoms with Crippen LogP contribution in [-0.4, -0.2) is 19.8 Å². The van der Waals surface area contributed by atoms with Gasteiger partial charge >= 0.3 is 192 Å². The van der Waals surface area contributed by atoms with Crippen LogP contribution in [0.3, 0.4) is 0 Å². The van der Waals surface area contributed by atoms with E-state index < -0.39 is 31.5 Å². The summed E-state index contributed by atoms with van der Waals surface area (Å²) in [5.41, 5.74) is 1.79. The van der Waals surface area contributed by atoms with E-state index in [1.165, 1.54) is 23.3 Å². The molecule has 0 saturated carbocycles. The topological polar surface area (TPSA) is 0 Å². The number of halogens is 4. The molecule has 3 aromatic rings. The van der Waals surface area contributed by atoms with Crippen molar-refractivity contribution in [2.45, 2.75) is 53.6 Å². The molecular weight excluding hydrogens is 580 g/mol. The van der Waals surface area contributed by atoms with E-state index in [1.807, 2.05) is 42.5 Å². The zero-order valence-electron chi connectivity index (χ0n) is 19.0. The van der Waals surface area contributed by atoms with Crippen molar-refractivity contribution < 1.29 is 13.2 Å². The number of hydrogen-bond acceptors (Lipinski definition) is 0. The zero-order valence-corrected chi connectivity index (χ0v) is 23.6. The molecule has 0 heterocycles. The molecule has 3 rings (SSSR count). The predicted molar refractivity (Wildman–Crippen MR) is 136 cm³/mol. The Labute approximate surface area is 207 Å². The van der Waals surface area contributed by atoms with Gasteiger partial charge in [-0.1, -0.05) is 0 Å². The molecule has 32 heavy (non-hydrogen) atoms. The minimum absolute atomic E-state index is 0. The molecule has 0 spiro atoms.